The van der Waals surface area contributed by atoms with Crippen LogP contribution in [-0.4, -0.2) is 20.2 Å². The number of pyridine rings is 1. The van der Waals surface area contributed by atoms with E-state index in [0.29, 0.717) is 0 Å². The number of hydrogen-bond donors (Lipinski definition) is 0. The van der Waals surface area contributed by atoms with Crippen molar-refractivity contribution in [1.29, 1.82) is 0 Å². The molecule has 0 fully saturated rings. The van der Waals surface area contributed by atoms with E-state index < -0.39 is 27.5 Å². The molecule has 18 heavy (non-hydrogen) atoms. The number of alkyl halides is 3. The van der Waals surface area contributed by atoms with Gasteiger partial charge in [-0.1, -0.05) is 0 Å². The Morgan fingerprint density at radius 1 is 1.33 bits per heavy atom. The zero-order valence-corrected chi connectivity index (χ0v) is 11.0. The lowest BCUT2D eigenvalue weighted by molar-refractivity contribution is -0.137. The predicted molar refractivity (Wildman–Crippen MR) is 64.7 cm³/mol. The molecule has 1 aromatic heterocycles. The zero-order valence-electron chi connectivity index (χ0n) is 10.2. The fourth-order valence-corrected chi connectivity index (χ4v) is 1.53. The first-order valence-electron chi connectivity index (χ1n) is 5.10. The molecule has 100 valence electrons. The molecule has 0 aromatic carbocycles. The van der Waals surface area contributed by atoms with Gasteiger partial charge < -0.3 is 0 Å². The molecule has 0 saturated carbocycles. The van der Waals surface area contributed by atoms with E-state index in [4.69, 9.17) is 0 Å². The van der Waals surface area contributed by atoms with Crippen molar-refractivity contribution in [3.8, 4) is 0 Å². The highest BCUT2D eigenvalue weighted by atomic mass is 32.2. The van der Waals surface area contributed by atoms with Gasteiger partial charge in [-0.2, -0.15) is 17.6 Å². The lowest BCUT2D eigenvalue weighted by Crippen LogP contribution is -2.20. The van der Waals surface area contributed by atoms with Crippen molar-refractivity contribution in [1.82, 2.24) is 4.98 Å². The number of halogens is 3. The topological polar surface area (TPSA) is 42.3 Å². The van der Waals surface area contributed by atoms with Gasteiger partial charge >= 0.3 is 6.18 Å². The molecule has 1 heterocycles. The second-order valence-corrected chi connectivity index (χ2v) is 6.46. The minimum absolute atomic E-state index is 0.331. The highest BCUT2D eigenvalue weighted by Gasteiger charge is 2.33. The SMILES string of the molecule is CC(C)(C)[S@@](=O)/N=C/c1ncccc1C(F)(F)F. The van der Waals surface area contributed by atoms with Crippen LogP contribution in [0.15, 0.2) is 22.7 Å². The van der Waals surface area contributed by atoms with Crippen molar-refractivity contribution in [3.05, 3.63) is 29.6 Å². The van der Waals surface area contributed by atoms with Crippen LogP contribution in [0.2, 0.25) is 0 Å². The number of rotatable bonds is 2. The van der Waals surface area contributed by atoms with Gasteiger partial charge in [0.1, 0.15) is 11.0 Å². The van der Waals surface area contributed by atoms with Gasteiger partial charge in [-0.05, 0) is 32.9 Å². The Balaban J connectivity index is 3.06. The van der Waals surface area contributed by atoms with Crippen LogP contribution >= 0.6 is 0 Å². The first-order valence-corrected chi connectivity index (χ1v) is 6.21. The van der Waals surface area contributed by atoms with E-state index in [1.807, 2.05) is 0 Å². The van der Waals surface area contributed by atoms with Crippen LogP contribution in [-0.2, 0) is 17.2 Å². The summed E-state index contributed by atoms with van der Waals surface area (Å²) in [5, 5.41) is 0. The van der Waals surface area contributed by atoms with Crippen molar-refractivity contribution in [2.24, 2.45) is 4.40 Å². The number of hydrogen-bond acceptors (Lipinski definition) is 2. The molecule has 0 aliphatic carbocycles. The smallest absolute Gasteiger partial charge is 0.255 e. The van der Waals surface area contributed by atoms with Gasteiger partial charge in [0.15, 0.2) is 0 Å². The third-order valence-corrected chi connectivity index (χ3v) is 3.28. The Hall–Kier alpha value is -1.24. The van der Waals surface area contributed by atoms with Crippen molar-refractivity contribution in [2.45, 2.75) is 31.7 Å². The Morgan fingerprint density at radius 3 is 2.44 bits per heavy atom. The molecule has 0 unspecified atom stereocenters. The van der Waals surface area contributed by atoms with Crippen molar-refractivity contribution in [3.63, 3.8) is 0 Å². The van der Waals surface area contributed by atoms with Gasteiger partial charge in [0, 0.05) is 6.20 Å². The van der Waals surface area contributed by atoms with Gasteiger partial charge in [-0.25, -0.2) is 4.21 Å². The summed E-state index contributed by atoms with van der Waals surface area (Å²) in [6, 6.07) is 2.11. The number of aromatic nitrogens is 1. The van der Waals surface area contributed by atoms with E-state index in [1.165, 1.54) is 12.3 Å². The minimum Gasteiger partial charge on any atom is -0.255 e. The average molecular weight is 278 g/mol. The normalized spacial score (nSPS) is 15.0. The molecule has 1 rings (SSSR count). The van der Waals surface area contributed by atoms with Crippen LogP contribution < -0.4 is 0 Å². The Bertz CT molecular complexity index is 478. The van der Waals surface area contributed by atoms with Gasteiger partial charge in [-0.3, -0.25) is 4.98 Å². The van der Waals surface area contributed by atoms with Gasteiger partial charge in [0.05, 0.1) is 22.2 Å². The molecule has 3 nitrogen and oxygen atoms in total. The largest absolute Gasteiger partial charge is 0.418 e. The van der Waals surface area contributed by atoms with Gasteiger partial charge in [0.2, 0.25) is 0 Å². The molecule has 1 atom stereocenters. The second kappa shape index (κ2) is 5.17. The molecule has 0 spiro atoms. The first kappa shape index (κ1) is 14.8. The lowest BCUT2D eigenvalue weighted by atomic mass is 10.2. The van der Waals surface area contributed by atoms with Crippen LogP contribution in [0.25, 0.3) is 0 Å². The Morgan fingerprint density at radius 2 is 1.94 bits per heavy atom. The molecule has 0 amide bonds. The third kappa shape index (κ3) is 3.90. The molecular weight excluding hydrogens is 265 g/mol. The summed E-state index contributed by atoms with van der Waals surface area (Å²) in [4.78, 5) is 3.60. The van der Waals surface area contributed by atoms with Crippen LogP contribution in [0.1, 0.15) is 32.0 Å². The third-order valence-electron chi connectivity index (χ3n) is 1.94. The van der Waals surface area contributed by atoms with Crippen molar-refractivity contribution < 1.29 is 17.4 Å². The maximum Gasteiger partial charge on any atom is 0.418 e. The molecule has 1 aromatic rings. The molecule has 0 aliphatic rings. The van der Waals surface area contributed by atoms with Crippen LogP contribution in [0.5, 0.6) is 0 Å². The quantitative estimate of drug-likeness (QED) is 0.780. The predicted octanol–water partition coefficient (Wildman–Crippen LogP) is 2.98. The summed E-state index contributed by atoms with van der Waals surface area (Å²) in [6.45, 7) is 5.05. The second-order valence-electron chi connectivity index (χ2n) is 4.53. The maximum atomic E-state index is 12.6. The number of nitrogens with zero attached hydrogens (tertiary/aromatic N) is 2. The van der Waals surface area contributed by atoms with E-state index in [0.717, 1.165) is 12.3 Å². The molecule has 0 aliphatic heterocycles. The Labute approximate surface area is 106 Å². The van der Waals surface area contributed by atoms with Crippen LogP contribution in [0, 0.1) is 0 Å². The van der Waals surface area contributed by atoms with Gasteiger partial charge in [0.25, 0.3) is 0 Å². The maximum absolute atomic E-state index is 12.6. The monoisotopic (exact) mass is 278 g/mol. The van der Waals surface area contributed by atoms with Crippen LogP contribution in [0.3, 0.4) is 0 Å². The van der Waals surface area contributed by atoms with Crippen molar-refractivity contribution in [2.75, 3.05) is 0 Å². The average Bonchev–Trinajstić information content (AvgIpc) is 2.23. The molecular formula is C11H13F3N2OS. The fraction of sp³-hybridized carbons (Fsp3) is 0.455. The van der Waals surface area contributed by atoms with Gasteiger partial charge in [-0.15, -0.1) is 0 Å². The fourth-order valence-electron chi connectivity index (χ4n) is 1.02. The van der Waals surface area contributed by atoms with E-state index in [-0.39, 0.29) is 5.69 Å². The molecule has 7 heteroatoms. The lowest BCUT2D eigenvalue weighted by Gasteiger charge is -2.13. The Kier molecular flexibility index (Phi) is 4.26. The summed E-state index contributed by atoms with van der Waals surface area (Å²) < 4.78 is 52.5. The summed E-state index contributed by atoms with van der Waals surface area (Å²) in [5.74, 6) is 0. The molecule has 0 N–H and O–H groups in total. The van der Waals surface area contributed by atoms with E-state index in [1.54, 1.807) is 20.8 Å². The van der Waals surface area contributed by atoms with E-state index in [2.05, 4.69) is 9.38 Å². The highest BCUT2D eigenvalue weighted by Crippen LogP contribution is 2.30. The summed E-state index contributed by atoms with van der Waals surface area (Å²) in [7, 11) is -1.61. The standard InChI is InChI=1S/C11H13F3N2OS/c1-10(2,3)18(17)16-7-9-8(11(12,13)14)5-4-6-15-9/h4-7H,1-3H3/b16-7+/t18-/m1/s1. The minimum atomic E-state index is -4.50. The highest BCUT2D eigenvalue weighted by molar-refractivity contribution is 7.85. The summed E-state index contributed by atoms with van der Waals surface area (Å²) >= 11 is 0. The van der Waals surface area contributed by atoms with E-state index in [9.17, 15) is 17.4 Å². The zero-order chi connectivity index (χ0) is 14.0. The molecule has 0 bridgehead atoms. The molecule has 0 radical (unpaired) electrons. The molecule has 0 saturated heterocycles. The van der Waals surface area contributed by atoms with E-state index >= 15 is 0 Å². The first-order chi connectivity index (χ1) is 8.12. The summed E-state index contributed by atoms with van der Waals surface area (Å²) in [6.07, 6.45) is -2.36. The summed E-state index contributed by atoms with van der Waals surface area (Å²) in [5.41, 5.74) is -1.22. The van der Waals surface area contributed by atoms with Crippen molar-refractivity contribution >= 4 is 17.2 Å². The van der Waals surface area contributed by atoms with Crippen LogP contribution in [0.4, 0.5) is 13.2 Å².